The van der Waals surface area contributed by atoms with Gasteiger partial charge in [-0.1, -0.05) is 25.1 Å². The molecule has 4 rings (SSSR count). The Morgan fingerprint density at radius 1 is 1.28 bits per heavy atom. The van der Waals surface area contributed by atoms with Gasteiger partial charge in [-0.15, -0.1) is 12.4 Å². The first-order valence-corrected chi connectivity index (χ1v) is 9.30. The molecule has 4 unspecified atom stereocenters. The Morgan fingerprint density at radius 3 is 2.80 bits per heavy atom. The van der Waals surface area contributed by atoms with E-state index < -0.39 is 0 Å². The number of carbonyl (C=O) groups excluding carboxylic acids is 1. The van der Waals surface area contributed by atoms with Crippen LogP contribution in [0.25, 0.3) is 10.9 Å². The molecule has 0 radical (unpaired) electrons. The van der Waals surface area contributed by atoms with E-state index in [9.17, 15) is 4.79 Å². The number of hydrogen-bond acceptors (Lipinski definition) is 2. The SMILES string of the molecule is CCc1cccc2c(CCNC(=O)C3C4CCC(C4)C3N)c[nH]c12.Cl. The summed E-state index contributed by atoms with van der Waals surface area (Å²) in [5.41, 5.74) is 10.1. The van der Waals surface area contributed by atoms with Gasteiger partial charge in [0.2, 0.25) is 5.91 Å². The lowest BCUT2D eigenvalue weighted by molar-refractivity contribution is -0.127. The zero-order valence-corrected chi connectivity index (χ0v) is 15.6. The number of aryl methyl sites for hydroxylation is 1. The van der Waals surface area contributed by atoms with Crippen molar-refractivity contribution in [3.63, 3.8) is 0 Å². The fourth-order valence-electron chi connectivity index (χ4n) is 4.94. The minimum absolute atomic E-state index is 0. The summed E-state index contributed by atoms with van der Waals surface area (Å²) in [6.45, 7) is 2.86. The number of H-pyrrole nitrogens is 1. The standard InChI is InChI=1S/C20H27N3O.ClH/c1-2-12-4-3-5-16-15(11-23-19(12)16)8-9-22-20(24)17-13-6-7-14(10-13)18(17)21;/h3-5,11,13-14,17-18,23H,2,6-10,21H2,1H3,(H,22,24);1H. The third-order valence-electron chi connectivity index (χ3n) is 6.25. The van der Waals surface area contributed by atoms with E-state index in [0.29, 0.717) is 18.4 Å². The lowest BCUT2D eigenvalue weighted by atomic mass is 9.84. The molecule has 0 aliphatic heterocycles. The molecule has 4 N–H and O–H groups in total. The van der Waals surface area contributed by atoms with E-state index in [1.54, 1.807) is 0 Å². The monoisotopic (exact) mass is 361 g/mol. The first-order chi connectivity index (χ1) is 11.7. The van der Waals surface area contributed by atoms with Crippen LogP contribution >= 0.6 is 12.4 Å². The molecule has 2 fully saturated rings. The van der Waals surface area contributed by atoms with Crippen LogP contribution in [0.4, 0.5) is 0 Å². The lowest BCUT2D eigenvalue weighted by Crippen LogP contribution is -2.45. The van der Waals surface area contributed by atoms with Gasteiger partial charge in [0.05, 0.1) is 5.92 Å². The summed E-state index contributed by atoms with van der Waals surface area (Å²) in [7, 11) is 0. The van der Waals surface area contributed by atoms with Crippen molar-refractivity contribution in [1.82, 2.24) is 10.3 Å². The fourth-order valence-corrected chi connectivity index (χ4v) is 4.94. The predicted octanol–water partition coefficient (Wildman–Crippen LogP) is 3.18. The largest absolute Gasteiger partial charge is 0.361 e. The van der Waals surface area contributed by atoms with Gasteiger partial charge in [0, 0.05) is 29.7 Å². The summed E-state index contributed by atoms with van der Waals surface area (Å²) in [6.07, 6.45) is 7.51. The number of carbonyl (C=O) groups is 1. The number of nitrogens with one attached hydrogen (secondary N) is 2. The molecular formula is C20H28ClN3O. The summed E-state index contributed by atoms with van der Waals surface area (Å²) in [4.78, 5) is 15.9. The lowest BCUT2D eigenvalue weighted by Gasteiger charge is -2.27. The molecule has 0 saturated heterocycles. The number of benzene rings is 1. The summed E-state index contributed by atoms with van der Waals surface area (Å²) in [6, 6.07) is 6.52. The van der Waals surface area contributed by atoms with Crippen molar-refractivity contribution in [2.24, 2.45) is 23.5 Å². The number of nitrogens with two attached hydrogens (primary N) is 1. The van der Waals surface area contributed by atoms with Gasteiger partial charge in [-0.2, -0.15) is 0 Å². The molecule has 1 aromatic carbocycles. The Kier molecular flexibility index (Phi) is 5.40. The minimum atomic E-state index is 0. The maximum atomic E-state index is 12.5. The molecule has 136 valence electrons. The van der Waals surface area contributed by atoms with Crippen molar-refractivity contribution >= 4 is 29.2 Å². The zero-order valence-electron chi connectivity index (χ0n) is 14.8. The summed E-state index contributed by atoms with van der Waals surface area (Å²) >= 11 is 0. The van der Waals surface area contributed by atoms with Gasteiger partial charge in [0.15, 0.2) is 0 Å². The number of halogens is 1. The molecule has 5 heteroatoms. The summed E-state index contributed by atoms with van der Waals surface area (Å²) in [5, 5.41) is 4.42. The Balaban J connectivity index is 0.00000182. The summed E-state index contributed by atoms with van der Waals surface area (Å²) in [5.74, 6) is 1.30. The second kappa shape index (κ2) is 7.38. The molecule has 0 spiro atoms. The first kappa shape index (κ1) is 18.3. The first-order valence-electron chi connectivity index (χ1n) is 9.30. The van der Waals surface area contributed by atoms with Crippen molar-refractivity contribution in [2.75, 3.05) is 6.54 Å². The third kappa shape index (κ3) is 3.18. The molecule has 2 aromatic rings. The molecule has 1 aromatic heterocycles. The van der Waals surface area contributed by atoms with E-state index in [1.807, 2.05) is 0 Å². The highest BCUT2D eigenvalue weighted by Crippen LogP contribution is 2.47. The van der Waals surface area contributed by atoms with Crippen molar-refractivity contribution in [3.05, 3.63) is 35.5 Å². The topological polar surface area (TPSA) is 70.9 Å². The van der Waals surface area contributed by atoms with Crippen molar-refractivity contribution < 1.29 is 4.79 Å². The molecular weight excluding hydrogens is 334 g/mol. The quantitative estimate of drug-likeness (QED) is 0.765. The number of para-hydroxylation sites is 1. The van der Waals surface area contributed by atoms with E-state index in [-0.39, 0.29) is 30.3 Å². The van der Waals surface area contributed by atoms with Crippen molar-refractivity contribution in [1.29, 1.82) is 0 Å². The predicted molar refractivity (Wildman–Crippen MR) is 104 cm³/mol. The van der Waals surface area contributed by atoms with E-state index >= 15 is 0 Å². The number of aromatic nitrogens is 1. The second-order valence-electron chi connectivity index (χ2n) is 7.48. The fraction of sp³-hybridized carbons (Fsp3) is 0.550. The van der Waals surface area contributed by atoms with Gasteiger partial charge in [0.25, 0.3) is 0 Å². The molecule has 2 aliphatic carbocycles. The second-order valence-corrected chi connectivity index (χ2v) is 7.48. The highest BCUT2D eigenvalue weighted by molar-refractivity contribution is 5.86. The smallest absolute Gasteiger partial charge is 0.224 e. The molecule has 2 bridgehead atoms. The van der Waals surface area contributed by atoms with Gasteiger partial charge >= 0.3 is 0 Å². The van der Waals surface area contributed by atoms with E-state index in [1.165, 1.54) is 34.9 Å². The maximum Gasteiger partial charge on any atom is 0.224 e. The molecule has 25 heavy (non-hydrogen) atoms. The van der Waals surface area contributed by atoms with Gasteiger partial charge in [-0.25, -0.2) is 0 Å². The highest BCUT2D eigenvalue weighted by atomic mass is 35.5. The number of aromatic amines is 1. The Hall–Kier alpha value is -1.52. The zero-order chi connectivity index (χ0) is 16.7. The average molecular weight is 362 g/mol. The Labute approximate surface area is 155 Å². The van der Waals surface area contributed by atoms with Gasteiger partial charge in [-0.3, -0.25) is 4.79 Å². The Morgan fingerprint density at radius 2 is 2.08 bits per heavy atom. The van der Waals surface area contributed by atoms with Crippen LogP contribution in [-0.2, 0) is 17.6 Å². The maximum absolute atomic E-state index is 12.5. The molecule has 1 heterocycles. The van der Waals surface area contributed by atoms with E-state index in [4.69, 9.17) is 5.73 Å². The molecule has 2 saturated carbocycles. The third-order valence-corrected chi connectivity index (χ3v) is 6.25. The number of rotatable bonds is 5. The average Bonchev–Trinajstić information content (AvgIpc) is 3.29. The molecule has 2 aliphatic rings. The van der Waals surface area contributed by atoms with Crippen molar-refractivity contribution in [3.8, 4) is 0 Å². The van der Waals surface area contributed by atoms with Crippen LogP contribution in [0, 0.1) is 17.8 Å². The van der Waals surface area contributed by atoms with Crippen LogP contribution in [0.15, 0.2) is 24.4 Å². The van der Waals surface area contributed by atoms with Gasteiger partial charge in [-0.05, 0) is 55.1 Å². The number of fused-ring (bicyclic) bond motifs is 3. The summed E-state index contributed by atoms with van der Waals surface area (Å²) < 4.78 is 0. The van der Waals surface area contributed by atoms with Crippen LogP contribution < -0.4 is 11.1 Å². The van der Waals surface area contributed by atoms with Crippen LogP contribution in [0.2, 0.25) is 0 Å². The highest BCUT2D eigenvalue weighted by Gasteiger charge is 2.48. The normalized spacial score (nSPS) is 27.4. The van der Waals surface area contributed by atoms with E-state index in [0.717, 1.165) is 19.3 Å². The van der Waals surface area contributed by atoms with Crippen LogP contribution in [0.5, 0.6) is 0 Å². The van der Waals surface area contributed by atoms with E-state index in [2.05, 4.69) is 41.6 Å². The number of hydrogen-bond donors (Lipinski definition) is 3. The van der Waals surface area contributed by atoms with Gasteiger partial charge < -0.3 is 16.0 Å². The van der Waals surface area contributed by atoms with Crippen LogP contribution in [0.3, 0.4) is 0 Å². The number of amides is 1. The minimum Gasteiger partial charge on any atom is -0.361 e. The molecule has 4 nitrogen and oxygen atoms in total. The van der Waals surface area contributed by atoms with Crippen LogP contribution in [0.1, 0.15) is 37.3 Å². The molecule has 4 atom stereocenters. The van der Waals surface area contributed by atoms with Gasteiger partial charge in [0.1, 0.15) is 0 Å². The Bertz CT molecular complexity index is 754. The van der Waals surface area contributed by atoms with Crippen LogP contribution in [-0.4, -0.2) is 23.5 Å². The molecule has 1 amide bonds. The van der Waals surface area contributed by atoms with Crippen molar-refractivity contribution in [2.45, 2.75) is 45.1 Å².